The Kier molecular flexibility index (Phi) is 5.65. The summed E-state index contributed by atoms with van der Waals surface area (Å²) in [5.74, 6) is 0.361. The summed E-state index contributed by atoms with van der Waals surface area (Å²) in [6.45, 7) is 5.96. The lowest BCUT2D eigenvalue weighted by molar-refractivity contribution is 0.0845. The largest absolute Gasteiger partial charge is 0.449 e. The van der Waals surface area contributed by atoms with Gasteiger partial charge in [0.05, 0.1) is 18.2 Å². The van der Waals surface area contributed by atoms with Crippen molar-refractivity contribution in [3.63, 3.8) is 0 Å². The van der Waals surface area contributed by atoms with Crippen LogP contribution in [0.2, 0.25) is 0 Å². The average Bonchev–Trinajstić information content (AvgIpc) is 2.54. The van der Waals surface area contributed by atoms with Crippen molar-refractivity contribution >= 4 is 11.8 Å². The van der Waals surface area contributed by atoms with Gasteiger partial charge in [0.2, 0.25) is 0 Å². The van der Waals surface area contributed by atoms with E-state index in [4.69, 9.17) is 10.00 Å². The second-order valence-electron chi connectivity index (χ2n) is 6.07. The molecule has 1 saturated heterocycles. The van der Waals surface area contributed by atoms with Crippen LogP contribution in [0.25, 0.3) is 0 Å². The molecular formula is C17H23N3O2. The van der Waals surface area contributed by atoms with Crippen LogP contribution in [0.4, 0.5) is 10.5 Å². The Labute approximate surface area is 131 Å². The van der Waals surface area contributed by atoms with Gasteiger partial charge in [-0.15, -0.1) is 0 Å². The van der Waals surface area contributed by atoms with E-state index in [1.165, 1.54) is 0 Å². The van der Waals surface area contributed by atoms with Crippen molar-refractivity contribution in [2.24, 2.45) is 5.92 Å². The molecule has 1 N–H and O–H groups in total. The van der Waals surface area contributed by atoms with Gasteiger partial charge in [-0.05, 0) is 43.0 Å². The van der Waals surface area contributed by atoms with Gasteiger partial charge in [-0.1, -0.05) is 13.8 Å². The maximum Gasteiger partial charge on any atom is 0.409 e. The Morgan fingerprint density at radius 2 is 2.00 bits per heavy atom. The van der Waals surface area contributed by atoms with E-state index in [1.807, 2.05) is 26.0 Å². The molecule has 5 heteroatoms. The van der Waals surface area contributed by atoms with E-state index in [9.17, 15) is 4.79 Å². The summed E-state index contributed by atoms with van der Waals surface area (Å²) < 4.78 is 5.26. The zero-order chi connectivity index (χ0) is 15.9. The Hall–Kier alpha value is -2.22. The lowest BCUT2D eigenvalue weighted by Gasteiger charge is -2.32. The van der Waals surface area contributed by atoms with E-state index in [1.54, 1.807) is 17.0 Å². The Morgan fingerprint density at radius 3 is 2.55 bits per heavy atom. The summed E-state index contributed by atoms with van der Waals surface area (Å²) in [5.41, 5.74) is 1.67. The number of nitrogens with one attached hydrogen (secondary N) is 1. The van der Waals surface area contributed by atoms with Crippen molar-refractivity contribution in [2.75, 3.05) is 25.0 Å². The molecule has 5 nitrogen and oxygen atoms in total. The van der Waals surface area contributed by atoms with Crippen molar-refractivity contribution < 1.29 is 9.53 Å². The van der Waals surface area contributed by atoms with Crippen molar-refractivity contribution in [1.29, 1.82) is 5.26 Å². The van der Waals surface area contributed by atoms with E-state index < -0.39 is 0 Å². The highest BCUT2D eigenvalue weighted by Crippen LogP contribution is 2.17. The molecule has 1 aliphatic rings. The highest BCUT2D eigenvalue weighted by molar-refractivity contribution is 5.67. The summed E-state index contributed by atoms with van der Waals surface area (Å²) in [5, 5.41) is 12.2. The van der Waals surface area contributed by atoms with Crippen LogP contribution in [0, 0.1) is 17.2 Å². The molecule has 2 rings (SSSR count). The number of ether oxygens (including phenoxy) is 1. The highest BCUT2D eigenvalue weighted by Gasteiger charge is 2.23. The third kappa shape index (κ3) is 4.66. The van der Waals surface area contributed by atoms with Gasteiger partial charge in [0.1, 0.15) is 0 Å². The minimum atomic E-state index is -0.203. The maximum absolute atomic E-state index is 11.9. The number of nitrogens with zero attached hydrogens (tertiary/aromatic N) is 2. The van der Waals surface area contributed by atoms with Crippen molar-refractivity contribution in [1.82, 2.24) is 4.90 Å². The Balaban J connectivity index is 1.77. The predicted octanol–water partition coefficient (Wildman–Crippen LogP) is 3.23. The summed E-state index contributed by atoms with van der Waals surface area (Å²) in [4.78, 5) is 13.7. The zero-order valence-electron chi connectivity index (χ0n) is 13.2. The molecule has 0 aliphatic carbocycles. The van der Waals surface area contributed by atoms with Crippen LogP contribution >= 0.6 is 0 Å². The minimum absolute atomic E-state index is 0.203. The molecule has 0 saturated carbocycles. The number of likely N-dealkylation sites (tertiary alicyclic amines) is 1. The highest BCUT2D eigenvalue weighted by atomic mass is 16.6. The van der Waals surface area contributed by atoms with E-state index in [2.05, 4.69) is 11.4 Å². The number of carbonyl (C=O) groups is 1. The standard InChI is InChI=1S/C17H23N3O2/c1-13(2)12-22-17(21)20-9-7-16(8-10-20)19-15-5-3-14(11-18)4-6-15/h3-6,13,16,19H,7-10,12H2,1-2H3. The fourth-order valence-electron chi connectivity index (χ4n) is 2.41. The van der Waals surface area contributed by atoms with Gasteiger partial charge < -0.3 is 15.0 Å². The molecule has 1 aliphatic heterocycles. The van der Waals surface area contributed by atoms with Gasteiger partial charge in [0.15, 0.2) is 0 Å². The SMILES string of the molecule is CC(C)COC(=O)N1CCC(Nc2ccc(C#N)cc2)CC1. The number of piperidine rings is 1. The normalized spacial score (nSPS) is 15.5. The van der Waals surface area contributed by atoms with E-state index in [-0.39, 0.29) is 6.09 Å². The monoisotopic (exact) mass is 301 g/mol. The number of benzene rings is 1. The number of carbonyl (C=O) groups excluding carboxylic acids is 1. The molecule has 0 radical (unpaired) electrons. The fraction of sp³-hybridized carbons (Fsp3) is 0.529. The van der Waals surface area contributed by atoms with E-state index >= 15 is 0 Å². The lowest BCUT2D eigenvalue weighted by atomic mass is 10.0. The number of hydrogen-bond acceptors (Lipinski definition) is 4. The summed E-state index contributed by atoms with van der Waals surface area (Å²) in [6, 6.07) is 9.91. The number of anilines is 1. The van der Waals surface area contributed by atoms with Crippen LogP contribution in [-0.4, -0.2) is 36.7 Å². The van der Waals surface area contributed by atoms with Crippen molar-refractivity contribution in [3.05, 3.63) is 29.8 Å². The van der Waals surface area contributed by atoms with Crippen LogP contribution in [0.3, 0.4) is 0 Å². The lowest BCUT2D eigenvalue weighted by Crippen LogP contribution is -2.42. The molecule has 22 heavy (non-hydrogen) atoms. The Bertz CT molecular complexity index is 526. The molecule has 118 valence electrons. The minimum Gasteiger partial charge on any atom is -0.449 e. The van der Waals surface area contributed by atoms with Crippen LogP contribution in [-0.2, 0) is 4.74 Å². The number of nitriles is 1. The van der Waals surface area contributed by atoms with Gasteiger partial charge in [-0.25, -0.2) is 4.79 Å². The van der Waals surface area contributed by atoms with Gasteiger partial charge in [0, 0.05) is 24.8 Å². The quantitative estimate of drug-likeness (QED) is 0.927. The topological polar surface area (TPSA) is 65.4 Å². The third-order valence-corrected chi connectivity index (χ3v) is 3.68. The van der Waals surface area contributed by atoms with Gasteiger partial charge in [0.25, 0.3) is 0 Å². The van der Waals surface area contributed by atoms with Gasteiger partial charge in [-0.3, -0.25) is 0 Å². The predicted molar refractivity (Wildman–Crippen MR) is 85.6 cm³/mol. The van der Waals surface area contributed by atoms with E-state index in [0.29, 0.717) is 37.2 Å². The molecule has 0 bridgehead atoms. The molecule has 1 aromatic rings. The maximum atomic E-state index is 11.9. The molecule has 1 amide bonds. The van der Waals surface area contributed by atoms with Crippen LogP contribution in [0.15, 0.2) is 24.3 Å². The second-order valence-corrected chi connectivity index (χ2v) is 6.07. The van der Waals surface area contributed by atoms with Gasteiger partial charge in [-0.2, -0.15) is 5.26 Å². The van der Waals surface area contributed by atoms with E-state index in [0.717, 1.165) is 18.5 Å². The first-order valence-corrected chi connectivity index (χ1v) is 7.77. The summed E-state index contributed by atoms with van der Waals surface area (Å²) >= 11 is 0. The molecule has 0 aromatic heterocycles. The molecule has 0 unspecified atom stereocenters. The van der Waals surface area contributed by atoms with Gasteiger partial charge >= 0.3 is 6.09 Å². The second kappa shape index (κ2) is 7.69. The first-order valence-electron chi connectivity index (χ1n) is 7.77. The number of hydrogen-bond donors (Lipinski definition) is 1. The average molecular weight is 301 g/mol. The number of rotatable bonds is 4. The summed E-state index contributed by atoms with van der Waals surface area (Å²) in [7, 11) is 0. The fourth-order valence-corrected chi connectivity index (χ4v) is 2.41. The van der Waals surface area contributed by atoms with Crippen LogP contribution < -0.4 is 5.32 Å². The number of amides is 1. The zero-order valence-corrected chi connectivity index (χ0v) is 13.2. The molecule has 0 spiro atoms. The van der Waals surface area contributed by atoms with Crippen molar-refractivity contribution in [3.8, 4) is 6.07 Å². The van der Waals surface area contributed by atoms with Crippen LogP contribution in [0.1, 0.15) is 32.3 Å². The molecule has 1 heterocycles. The Morgan fingerprint density at radius 1 is 1.36 bits per heavy atom. The smallest absolute Gasteiger partial charge is 0.409 e. The third-order valence-electron chi connectivity index (χ3n) is 3.68. The van der Waals surface area contributed by atoms with Crippen molar-refractivity contribution in [2.45, 2.75) is 32.7 Å². The molecular weight excluding hydrogens is 278 g/mol. The molecule has 1 fully saturated rings. The molecule has 1 aromatic carbocycles. The summed E-state index contributed by atoms with van der Waals surface area (Å²) in [6.07, 6.45) is 1.60. The first kappa shape index (κ1) is 16.2. The van der Waals surface area contributed by atoms with Crippen LogP contribution in [0.5, 0.6) is 0 Å². The molecule has 0 atom stereocenters. The first-order chi connectivity index (χ1) is 10.6.